The average molecular weight is 378 g/mol. The van der Waals surface area contributed by atoms with Gasteiger partial charge in [0.15, 0.2) is 0 Å². The maximum absolute atomic E-state index is 12.9. The van der Waals surface area contributed by atoms with Gasteiger partial charge in [0.25, 0.3) is 0 Å². The minimum absolute atomic E-state index is 0.0251. The molecule has 0 bridgehead atoms. The zero-order valence-electron chi connectivity index (χ0n) is 16.0. The predicted octanol–water partition coefficient (Wildman–Crippen LogP) is -0.138. The summed E-state index contributed by atoms with van der Waals surface area (Å²) in [5.41, 5.74) is 0. The van der Waals surface area contributed by atoms with Crippen molar-refractivity contribution in [2.45, 2.75) is 45.4 Å². The number of likely N-dealkylation sites (tertiary alicyclic amines) is 1. The summed E-state index contributed by atoms with van der Waals surface area (Å²) in [6, 6.07) is 1.86. The first-order valence-corrected chi connectivity index (χ1v) is 9.83. The molecule has 1 saturated heterocycles. The number of hydrogen-bond acceptors (Lipinski definition) is 5. The van der Waals surface area contributed by atoms with Crippen LogP contribution in [0.3, 0.4) is 0 Å². The van der Waals surface area contributed by atoms with E-state index in [1.807, 2.05) is 30.8 Å². The summed E-state index contributed by atoms with van der Waals surface area (Å²) in [6.07, 6.45) is 2.90. The Balaban J connectivity index is 1.62. The van der Waals surface area contributed by atoms with Gasteiger partial charge < -0.3 is 20.4 Å². The number of carbonyl (C=O) groups excluding carboxylic acids is 2. The van der Waals surface area contributed by atoms with Crippen LogP contribution in [0.5, 0.6) is 0 Å². The lowest BCUT2D eigenvalue weighted by atomic mass is 9.65. The third-order valence-corrected chi connectivity index (χ3v) is 6.15. The molecule has 1 saturated carbocycles. The molecule has 0 unspecified atom stereocenters. The van der Waals surface area contributed by atoms with Crippen molar-refractivity contribution in [1.82, 2.24) is 20.0 Å². The second-order valence-corrected chi connectivity index (χ2v) is 7.76. The Labute approximate surface area is 159 Å². The van der Waals surface area contributed by atoms with Crippen LogP contribution in [0.4, 0.5) is 0 Å². The monoisotopic (exact) mass is 378 g/mol. The summed E-state index contributed by atoms with van der Waals surface area (Å²) >= 11 is 0. The molecule has 0 aromatic carbocycles. The lowest BCUT2D eigenvalue weighted by Crippen LogP contribution is -2.55. The van der Waals surface area contributed by atoms with E-state index in [4.69, 9.17) is 0 Å². The van der Waals surface area contributed by atoms with Gasteiger partial charge >= 0.3 is 0 Å². The molecular weight excluding hydrogens is 348 g/mol. The molecular formula is C19H30N4O4. The Bertz CT molecular complexity index is 650. The zero-order chi connectivity index (χ0) is 19.6. The van der Waals surface area contributed by atoms with Crippen molar-refractivity contribution in [3.05, 3.63) is 18.5 Å². The molecule has 0 spiro atoms. The summed E-state index contributed by atoms with van der Waals surface area (Å²) in [5, 5.41) is 28.0. The van der Waals surface area contributed by atoms with E-state index in [-0.39, 0.29) is 29.6 Å². The van der Waals surface area contributed by atoms with Gasteiger partial charge in [0, 0.05) is 56.8 Å². The van der Waals surface area contributed by atoms with Crippen LogP contribution >= 0.6 is 0 Å². The number of amides is 2. The van der Waals surface area contributed by atoms with Crippen LogP contribution in [0, 0.1) is 23.7 Å². The molecule has 3 N–H and O–H groups in total. The van der Waals surface area contributed by atoms with Gasteiger partial charge in [0.1, 0.15) is 0 Å². The highest BCUT2D eigenvalue weighted by molar-refractivity contribution is 5.80. The van der Waals surface area contributed by atoms with Gasteiger partial charge in [-0.25, -0.2) is 0 Å². The van der Waals surface area contributed by atoms with Gasteiger partial charge in [-0.3, -0.25) is 14.3 Å². The van der Waals surface area contributed by atoms with E-state index >= 15 is 0 Å². The van der Waals surface area contributed by atoms with E-state index in [1.54, 1.807) is 11.1 Å². The molecule has 150 valence electrons. The van der Waals surface area contributed by atoms with Gasteiger partial charge in [-0.1, -0.05) is 13.8 Å². The van der Waals surface area contributed by atoms with Gasteiger partial charge in [-0.15, -0.1) is 0 Å². The van der Waals surface area contributed by atoms with Crippen LogP contribution in [0.1, 0.15) is 26.7 Å². The summed E-state index contributed by atoms with van der Waals surface area (Å²) in [5.74, 6) is -1.23. The fraction of sp³-hybridized carbons (Fsp3) is 0.737. The van der Waals surface area contributed by atoms with E-state index in [9.17, 15) is 19.8 Å². The topological polar surface area (TPSA) is 108 Å². The van der Waals surface area contributed by atoms with Crippen LogP contribution in [0.25, 0.3) is 0 Å². The van der Waals surface area contributed by atoms with Gasteiger partial charge in [-0.2, -0.15) is 5.10 Å². The molecule has 1 aliphatic heterocycles. The van der Waals surface area contributed by atoms with Crippen molar-refractivity contribution in [2.75, 3.05) is 19.6 Å². The van der Waals surface area contributed by atoms with Gasteiger partial charge in [-0.05, 0) is 24.3 Å². The molecule has 2 amide bonds. The summed E-state index contributed by atoms with van der Waals surface area (Å²) < 4.78 is 1.82. The molecule has 8 nitrogen and oxygen atoms in total. The first-order chi connectivity index (χ1) is 12.9. The molecule has 0 radical (unpaired) electrons. The second kappa shape index (κ2) is 8.39. The Kier molecular flexibility index (Phi) is 6.16. The Morgan fingerprint density at radius 1 is 1.22 bits per heavy atom. The van der Waals surface area contributed by atoms with Crippen LogP contribution in [-0.2, 0) is 16.1 Å². The minimum Gasteiger partial charge on any atom is -0.390 e. The molecule has 1 aromatic rings. The molecule has 6 atom stereocenters. The number of aromatic nitrogens is 2. The molecule has 2 fully saturated rings. The molecule has 1 aromatic heterocycles. The number of nitrogens with one attached hydrogen (secondary N) is 1. The molecule has 3 rings (SSSR count). The second-order valence-electron chi connectivity index (χ2n) is 7.76. The molecule has 1 aliphatic carbocycles. The lowest BCUT2D eigenvalue weighted by molar-refractivity contribution is -0.145. The highest BCUT2D eigenvalue weighted by Crippen LogP contribution is 2.43. The standard InChI is InChI=1S/C19H30N4O4/c1-3-15(24)22-10-13-14(11-22)18(26)17(25)12(2)16(13)19(27)20-6-4-8-23-9-5-7-21-23/h5,7,9,12-14,16-18,25-26H,3-4,6,8,10-11H2,1-2H3,(H,20,27)/t12-,13+,14+,16+,17+,18+/m1/s1. The average Bonchev–Trinajstić information content (AvgIpc) is 3.33. The van der Waals surface area contributed by atoms with Crippen molar-refractivity contribution in [3.8, 4) is 0 Å². The number of aryl methyl sites for hydroxylation is 1. The highest BCUT2D eigenvalue weighted by atomic mass is 16.3. The van der Waals surface area contributed by atoms with Crippen LogP contribution in [0.2, 0.25) is 0 Å². The van der Waals surface area contributed by atoms with E-state index in [0.717, 1.165) is 13.0 Å². The fourth-order valence-electron chi connectivity index (χ4n) is 4.63. The Morgan fingerprint density at radius 2 is 1.96 bits per heavy atom. The maximum atomic E-state index is 12.9. The van der Waals surface area contributed by atoms with E-state index < -0.39 is 18.1 Å². The van der Waals surface area contributed by atoms with Crippen molar-refractivity contribution >= 4 is 11.8 Å². The van der Waals surface area contributed by atoms with E-state index in [1.165, 1.54) is 0 Å². The van der Waals surface area contributed by atoms with Crippen molar-refractivity contribution < 1.29 is 19.8 Å². The van der Waals surface area contributed by atoms with E-state index in [2.05, 4.69) is 10.4 Å². The Morgan fingerprint density at radius 3 is 2.63 bits per heavy atom. The van der Waals surface area contributed by atoms with Gasteiger partial charge in [0.05, 0.1) is 12.2 Å². The fourth-order valence-corrected chi connectivity index (χ4v) is 4.63. The third kappa shape index (κ3) is 4.01. The number of aliphatic hydroxyl groups is 2. The normalized spacial score (nSPS) is 33.0. The first-order valence-electron chi connectivity index (χ1n) is 9.83. The minimum atomic E-state index is -0.956. The molecule has 8 heteroatoms. The van der Waals surface area contributed by atoms with Crippen molar-refractivity contribution in [1.29, 1.82) is 0 Å². The number of fused-ring (bicyclic) bond motifs is 1. The number of carbonyl (C=O) groups is 2. The predicted molar refractivity (Wildman–Crippen MR) is 98.4 cm³/mol. The molecule has 27 heavy (non-hydrogen) atoms. The summed E-state index contributed by atoms with van der Waals surface area (Å²) in [4.78, 5) is 26.7. The number of nitrogens with zero attached hydrogens (tertiary/aromatic N) is 3. The van der Waals surface area contributed by atoms with Crippen molar-refractivity contribution in [2.24, 2.45) is 23.7 Å². The lowest BCUT2D eigenvalue weighted by Gasteiger charge is -2.43. The van der Waals surface area contributed by atoms with Crippen molar-refractivity contribution in [3.63, 3.8) is 0 Å². The number of hydrogen-bond donors (Lipinski definition) is 3. The zero-order valence-corrected chi connectivity index (χ0v) is 16.0. The Hall–Kier alpha value is -1.93. The van der Waals surface area contributed by atoms with Crippen LogP contribution < -0.4 is 5.32 Å². The summed E-state index contributed by atoms with van der Waals surface area (Å²) in [7, 11) is 0. The van der Waals surface area contributed by atoms with Gasteiger partial charge in [0.2, 0.25) is 11.8 Å². The van der Waals surface area contributed by atoms with Crippen LogP contribution in [-0.4, -0.2) is 68.6 Å². The largest absolute Gasteiger partial charge is 0.390 e. The first kappa shape index (κ1) is 19.8. The smallest absolute Gasteiger partial charge is 0.223 e. The quantitative estimate of drug-likeness (QED) is 0.598. The SMILES string of the molecule is CCC(=O)N1C[C@@H]2[C@H](O)[C@@H](O)[C@H](C)[C@H](C(=O)NCCCn3cccn3)[C@H]2C1. The molecule has 2 aliphatic rings. The maximum Gasteiger partial charge on any atom is 0.223 e. The number of rotatable bonds is 6. The van der Waals surface area contributed by atoms with Crippen LogP contribution in [0.15, 0.2) is 18.5 Å². The summed E-state index contributed by atoms with van der Waals surface area (Å²) in [6.45, 7) is 5.74. The number of aliphatic hydroxyl groups excluding tert-OH is 2. The third-order valence-electron chi connectivity index (χ3n) is 6.15. The van der Waals surface area contributed by atoms with E-state index in [0.29, 0.717) is 26.1 Å². The highest BCUT2D eigenvalue weighted by Gasteiger charge is 2.54. The molecule has 2 heterocycles.